The van der Waals surface area contributed by atoms with Crippen LogP contribution in [0.5, 0.6) is 0 Å². The topological polar surface area (TPSA) is 30.2 Å². The van der Waals surface area contributed by atoms with Crippen LogP contribution in [0.3, 0.4) is 0 Å². The SMILES string of the molecule is C=C(C)CC(=O)c1ccc(CC)o1. The molecule has 1 rings (SSSR count). The van der Waals surface area contributed by atoms with Gasteiger partial charge >= 0.3 is 0 Å². The number of rotatable bonds is 4. The zero-order valence-corrected chi connectivity index (χ0v) is 8.09. The van der Waals surface area contributed by atoms with Crippen LogP contribution in [-0.4, -0.2) is 5.78 Å². The molecule has 0 unspecified atom stereocenters. The van der Waals surface area contributed by atoms with Gasteiger partial charge in [0.15, 0.2) is 5.76 Å². The Balaban J connectivity index is 2.71. The van der Waals surface area contributed by atoms with Crippen molar-refractivity contribution in [2.45, 2.75) is 26.7 Å². The molecule has 0 bridgehead atoms. The Morgan fingerprint density at radius 1 is 1.54 bits per heavy atom. The number of Topliss-reactive ketones (excluding diaryl/α,β-unsaturated/α-hetero) is 1. The van der Waals surface area contributed by atoms with Crippen molar-refractivity contribution in [2.75, 3.05) is 0 Å². The first kappa shape index (κ1) is 9.78. The average molecular weight is 178 g/mol. The van der Waals surface area contributed by atoms with Crippen LogP contribution in [0, 0.1) is 0 Å². The van der Waals surface area contributed by atoms with E-state index in [0.717, 1.165) is 17.8 Å². The lowest BCUT2D eigenvalue weighted by Gasteiger charge is -1.95. The largest absolute Gasteiger partial charge is 0.458 e. The summed E-state index contributed by atoms with van der Waals surface area (Å²) in [6, 6.07) is 3.57. The summed E-state index contributed by atoms with van der Waals surface area (Å²) in [7, 11) is 0. The Labute approximate surface area is 78.3 Å². The molecule has 13 heavy (non-hydrogen) atoms. The van der Waals surface area contributed by atoms with E-state index in [0.29, 0.717) is 12.2 Å². The maximum atomic E-state index is 11.4. The van der Waals surface area contributed by atoms with Crippen molar-refractivity contribution < 1.29 is 9.21 Å². The molecule has 0 N–H and O–H groups in total. The van der Waals surface area contributed by atoms with Crippen molar-refractivity contribution in [1.29, 1.82) is 0 Å². The molecule has 0 saturated carbocycles. The molecule has 0 fully saturated rings. The summed E-state index contributed by atoms with van der Waals surface area (Å²) in [5.41, 5.74) is 0.861. The van der Waals surface area contributed by atoms with Crippen LogP contribution in [0.2, 0.25) is 0 Å². The first-order valence-corrected chi connectivity index (χ1v) is 4.39. The second-order valence-electron chi connectivity index (χ2n) is 3.18. The van der Waals surface area contributed by atoms with Crippen LogP contribution >= 0.6 is 0 Å². The van der Waals surface area contributed by atoms with Crippen LogP contribution in [-0.2, 0) is 6.42 Å². The number of carbonyl (C=O) groups is 1. The van der Waals surface area contributed by atoms with E-state index in [1.54, 1.807) is 6.07 Å². The molecule has 2 nitrogen and oxygen atoms in total. The van der Waals surface area contributed by atoms with E-state index in [4.69, 9.17) is 4.42 Å². The zero-order valence-electron chi connectivity index (χ0n) is 8.09. The highest BCUT2D eigenvalue weighted by Gasteiger charge is 2.09. The Morgan fingerprint density at radius 2 is 2.23 bits per heavy atom. The van der Waals surface area contributed by atoms with Gasteiger partial charge in [0.2, 0.25) is 5.78 Å². The highest BCUT2D eigenvalue weighted by atomic mass is 16.3. The quantitative estimate of drug-likeness (QED) is 0.524. The van der Waals surface area contributed by atoms with Crippen molar-refractivity contribution in [3.8, 4) is 0 Å². The van der Waals surface area contributed by atoms with E-state index in [-0.39, 0.29) is 5.78 Å². The van der Waals surface area contributed by atoms with Gasteiger partial charge in [0, 0.05) is 12.8 Å². The Morgan fingerprint density at radius 3 is 2.69 bits per heavy atom. The minimum Gasteiger partial charge on any atom is -0.458 e. The molecule has 1 aromatic heterocycles. The van der Waals surface area contributed by atoms with E-state index in [2.05, 4.69) is 6.58 Å². The predicted molar refractivity (Wildman–Crippen MR) is 51.8 cm³/mol. The third-order valence-corrected chi connectivity index (χ3v) is 1.75. The summed E-state index contributed by atoms with van der Waals surface area (Å²) in [6.45, 7) is 7.51. The van der Waals surface area contributed by atoms with Crippen molar-refractivity contribution in [1.82, 2.24) is 0 Å². The predicted octanol–water partition coefficient (Wildman–Crippen LogP) is 2.99. The molecule has 1 aromatic rings. The molecule has 0 aliphatic rings. The van der Waals surface area contributed by atoms with Crippen molar-refractivity contribution in [3.05, 3.63) is 35.8 Å². The highest BCUT2D eigenvalue weighted by Crippen LogP contribution is 2.12. The summed E-state index contributed by atoms with van der Waals surface area (Å²) >= 11 is 0. The molecule has 2 heteroatoms. The molecular weight excluding hydrogens is 164 g/mol. The Hall–Kier alpha value is -1.31. The van der Waals surface area contributed by atoms with Gasteiger partial charge in [-0.3, -0.25) is 4.79 Å². The number of hydrogen-bond donors (Lipinski definition) is 0. The molecule has 0 radical (unpaired) electrons. The summed E-state index contributed by atoms with van der Waals surface area (Å²) in [6.07, 6.45) is 1.19. The molecule has 0 aromatic carbocycles. The van der Waals surface area contributed by atoms with Gasteiger partial charge in [-0.1, -0.05) is 19.1 Å². The van der Waals surface area contributed by atoms with Crippen molar-refractivity contribution in [3.63, 3.8) is 0 Å². The number of hydrogen-bond acceptors (Lipinski definition) is 2. The Bertz CT molecular complexity index is 321. The molecule has 0 spiro atoms. The van der Waals surface area contributed by atoms with E-state index in [1.807, 2.05) is 19.9 Å². The van der Waals surface area contributed by atoms with Gasteiger partial charge in [0.05, 0.1) is 0 Å². The van der Waals surface area contributed by atoms with Crippen LogP contribution in [0.15, 0.2) is 28.7 Å². The fourth-order valence-electron chi connectivity index (χ4n) is 1.08. The minimum absolute atomic E-state index is 0.00667. The van der Waals surface area contributed by atoms with Gasteiger partial charge in [-0.2, -0.15) is 0 Å². The van der Waals surface area contributed by atoms with Gasteiger partial charge in [-0.15, -0.1) is 0 Å². The first-order chi connectivity index (χ1) is 6.13. The standard InChI is InChI=1S/C11H14O2/c1-4-9-5-6-11(13-9)10(12)7-8(2)3/h5-6H,2,4,7H2,1,3H3. The van der Waals surface area contributed by atoms with E-state index < -0.39 is 0 Å². The van der Waals surface area contributed by atoms with Gasteiger partial charge < -0.3 is 4.42 Å². The van der Waals surface area contributed by atoms with E-state index in [1.165, 1.54) is 0 Å². The molecule has 0 atom stereocenters. The molecule has 0 saturated heterocycles. The van der Waals surface area contributed by atoms with E-state index in [9.17, 15) is 4.79 Å². The molecule has 0 aliphatic carbocycles. The number of carbonyl (C=O) groups excluding carboxylic acids is 1. The number of aryl methyl sites for hydroxylation is 1. The summed E-state index contributed by atoms with van der Waals surface area (Å²) in [5, 5.41) is 0. The lowest BCUT2D eigenvalue weighted by molar-refractivity contribution is 0.0965. The Kier molecular flexibility index (Phi) is 3.07. The second-order valence-corrected chi connectivity index (χ2v) is 3.18. The third-order valence-electron chi connectivity index (χ3n) is 1.75. The summed E-state index contributed by atoms with van der Waals surface area (Å²) < 4.78 is 5.30. The van der Waals surface area contributed by atoms with Gasteiger partial charge in [0.25, 0.3) is 0 Å². The van der Waals surface area contributed by atoms with Crippen molar-refractivity contribution in [2.24, 2.45) is 0 Å². The van der Waals surface area contributed by atoms with Gasteiger partial charge in [-0.05, 0) is 19.1 Å². The van der Waals surface area contributed by atoms with Crippen LogP contribution < -0.4 is 0 Å². The molecule has 0 amide bonds. The second kappa shape index (κ2) is 4.08. The lowest BCUT2D eigenvalue weighted by Crippen LogP contribution is -1.96. The maximum Gasteiger partial charge on any atom is 0.201 e. The van der Waals surface area contributed by atoms with Crippen LogP contribution in [0.25, 0.3) is 0 Å². The monoisotopic (exact) mass is 178 g/mol. The maximum absolute atomic E-state index is 11.4. The number of ketones is 1. The summed E-state index contributed by atoms with van der Waals surface area (Å²) in [4.78, 5) is 11.4. The number of furan rings is 1. The smallest absolute Gasteiger partial charge is 0.201 e. The van der Waals surface area contributed by atoms with E-state index >= 15 is 0 Å². The van der Waals surface area contributed by atoms with Crippen molar-refractivity contribution >= 4 is 5.78 Å². The fraction of sp³-hybridized carbons (Fsp3) is 0.364. The fourth-order valence-corrected chi connectivity index (χ4v) is 1.08. The van der Waals surface area contributed by atoms with Gasteiger partial charge in [0.1, 0.15) is 5.76 Å². The number of allylic oxidation sites excluding steroid dienone is 1. The minimum atomic E-state index is 0.00667. The van der Waals surface area contributed by atoms with Crippen LogP contribution in [0.1, 0.15) is 36.6 Å². The molecular formula is C11H14O2. The molecule has 0 aliphatic heterocycles. The lowest BCUT2D eigenvalue weighted by atomic mass is 10.1. The average Bonchev–Trinajstić information content (AvgIpc) is 2.50. The first-order valence-electron chi connectivity index (χ1n) is 4.39. The molecule has 1 heterocycles. The summed E-state index contributed by atoms with van der Waals surface area (Å²) in [5.74, 6) is 1.30. The normalized spacial score (nSPS) is 10.0. The molecule has 70 valence electrons. The third kappa shape index (κ3) is 2.58. The highest BCUT2D eigenvalue weighted by molar-refractivity contribution is 5.94. The van der Waals surface area contributed by atoms with Gasteiger partial charge in [-0.25, -0.2) is 0 Å². The zero-order chi connectivity index (χ0) is 9.84. The van der Waals surface area contributed by atoms with Crippen LogP contribution in [0.4, 0.5) is 0 Å².